The topological polar surface area (TPSA) is 77.2 Å². The number of nitrogens with zero attached hydrogens (tertiary/aromatic N) is 1. The van der Waals surface area contributed by atoms with Crippen molar-refractivity contribution in [2.24, 2.45) is 17.6 Å². The summed E-state index contributed by atoms with van der Waals surface area (Å²) in [5, 5.41) is 4.14. The van der Waals surface area contributed by atoms with Gasteiger partial charge in [-0.3, -0.25) is 4.79 Å². The fourth-order valence-electron chi connectivity index (χ4n) is 4.15. The summed E-state index contributed by atoms with van der Waals surface area (Å²) in [7, 11) is 0. The van der Waals surface area contributed by atoms with Crippen LogP contribution < -0.4 is 11.1 Å². The van der Waals surface area contributed by atoms with Crippen molar-refractivity contribution in [1.29, 1.82) is 0 Å². The number of nitrogens with one attached hydrogen (secondary N) is 1. The molecular formula is C17H27N3O2S. The number of hydrogen-bond acceptors (Lipinski definition) is 5. The maximum Gasteiger partial charge on any atom is 0.263 e. The van der Waals surface area contributed by atoms with Crippen molar-refractivity contribution in [3.05, 3.63) is 16.1 Å². The van der Waals surface area contributed by atoms with Crippen molar-refractivity contribution in [3.63, 3.8) is 0 Å². The van der Waals surface area contributed by atoms with Crippen molar-refractivity contribution in [1.82, 2.24) is 10.3 Å². The first-order valence-electron chi connectivity index (χ1n) is 8.72. The van der Waals surface area contributed by atoms with E-state index in [1.165, 1.54) is 30.6 Å². The van der Waals surface area contributed by atoms with E-state index in [2.05, 4.69) is 10.3 Å². The molecule has 3 unspecified atom stereocenters. The highest BCUT2D eigenvalue weighted by molar-refractivity contribution is 7.13. The summed E-state index contributed by atoms with van der Waals surface area (Å²) in [6.07, 6.45) is 7.33. The average Bonchev–Trinajstić information content (AvgIpc) is 2.98. The first-order valence-corrected chi connectivity index (χ1v) is 9.54. The zero-order valence-corrected chi connectivity index (χ0v) is 14.8. The number of carbonyl (C=O) groups excluding carboxylic acids is 1. The Morgan fingerprint density at radius 2 is 2.17 bits per heavy atom. The van der Waals surface area contributed by atoms with Crippen LogP contribution in [0.1, 0.15) is 66.7 Å². The molecule has 3 N–H and O–H groups in total. The lowest BCUT2D eigenvalue weighted by Gasteiger charge is -2.45. The van der Waals surface area contributed by atoms with Gasteiger partial charge in [0.2, 0.25) is 0 Å². The summed E-state index contributed by atoms with van der Waals surface area (Å²) >= 11 is 1.43. The highest BCUT2D eigenvalue weighted by Crippen LogP contribution is 2.39. The van der Waals surface area contributed by atoms with Gasteiger partial charge in [0.15, 0.2) is 0 Å². The van der Waals surface area contributed by atoms with E-state index >= 15 is 0 Å². The molecule has 1 aromatic rings. The Balaban J connectivity index is 1.65. The van der Waals surface area contributed by atoms with Crippen LogP contribution in [0, 0.1) is 11.8 Å². The molecule has 0 saturated heterocycles. The van der Waals surface area contributed by atoms with Crippen molar-refractivity contribution < 1.29 is 9.53 Å². The summed E-state index contributed by atoms with van der Waals surface area (Å²) in [5.74, 6) is 1.09. The minimum absolute atomic E-state index is 0.00909. The Hall–Kier alpha value is -0.980. The predicted octanol–water partition coefficient (Wildman–Crippen LogP) is 2.88. The molecular weight excluding hydrogens is 310 g/mol. The molecule has 23 heavy (non-hydrogen) atoms. The summed E-state index contributed by atoms with van der Waals surface area (Å²) in [6, 6.07) is 0.589. The monoisotopic (exact) mass is 337 g/mol. The quantitative estimate of drug-likeness (QED) is 0.866. The van der Waals surface area contributed by atoms with E-state index in [9.17, 15) is 4.79 Å². The van der Waals surface area contributed by atoms with E-state index in [1.54, 1.807) is 6.20 Å². The molecule has 3 atom stereocenters. The molecule has 0 radical (unpaired) electrons. The van der Waals surface area contributed by atoms with Crippen LogP contribution in [-0.2, 0) is 4.74 Å². The number of hydrogen-bond donors (Lipinski definition) is 2. The van der Waals surface area contributed by atoms with Crippen LogP contribution in [0.15, 0.2) is 6.20 Å². The molecule has 1 heterocycles. The predicted molar refractivity (Wildman–Crippen MR) is 91.4 cm³/mol. The SMILES string of the molecule is CCOC(C)c1ncc(C(=O)NC2C3CCCC2CC(N)C3)s1. The minimum atomic E-state index is -0.0568. The van der Waals surface area contributed by atoms with E-state index in [1.807, 2.05) is 13.8 Å². The van der Waals surface area contributed by atoms with Gasteiger partial charge in [0, 0.05) is 18.7 Å². The van der Waals surface area contributed by atoms with Crippen LogP contribution in [-0.4, -0.2) is 29.6 Å². The summed E-state index contributed by atoms with van der Waals surface area (Å²) in [4.78, 5) is 17.6. The number of amides is 1. The fraction of sp³-hybridized carbons (Fsp3) is 0.765. The van der Waals surface area contributed by atoms with Gasteiger partial charge in [-0.2, -0.15) is 0 Å². The molecule has 128 valence electrons. The molecule has 2 aliphatic carbocycles. The lowest BCUT2D eigenvalue weighted by Crippen LogP contribution is -2.53. The number of rotatable bonds is 5. The second-order valence-corrected chi connectivity index (χ2v) is 7.90. The third-order valence-corrected chi connectivity index (χ3v) is 6.34. The third-order valence-electron chi connectivity index (χ3n) is 5.19. The Bertz CT molecular complexity index is 534. The first-order chi connectivity index (χ1) is 11.1. The number of aromatic nitrogens is 1. The third kappa shape index (κ3) is 3.75. The summed E-state index contributed by atoms with van der Waals surface area (Å²) in [6.45, 7) is 4.58. The molecule has 1 aromatic heterocycles. The Morgan fingerprint density at radius 1 is 1.48 bits per heavy atom. The molecule has 5 nitrogen and oxygen atoms in total. The van der Waals surface area contributed by atoms with Crippen molar-refractivity contribution in [2.45, 2.75) is 64.1 Å². The lowest BCUT2D eigenvalue weighted by molar-refractivity contribution is 0.0758. The molecule has 0 aromatic carbocycles. The highest BCUT2D eigenvalue weighted by Gasteiger charge is 2.40. The Morgan fingerprint density at radius 3 is 2.83 bits per heavy atom. The number of fused-ring (bicyclic) bond motifs is 2. The van der Waals surface area contributed by atoms with Crippen LogP contribution >= 0.6 is 11.3 Å². The van der Waals surface area contributed by atoms with E-state index in [4.69, 9.17) is 10.5 Å². The fourth-order valence-corrected chi connectivity index (χ4v) is 4.97. The molecule has 6 heteroatoms. The second kappa shape index (κ2) is 7.28. The molecule has 2 aliphatic rings. The zero-order valence-electron chi connectivity index (χ0n) is 14.0. The molecule has 2 saturated carbocycles. The smallest absolute Gasteiger partial charge is 0.263 e. The van der Waals surface area contributed by atoms with E-state index in [0.29, 0.717) is 29.4 Å². The molecule has 2 fully saturated rings. The summed E-state index contributed by atoms with van der Waals surface area (Å²) < 4.78 is 5.55. The van der Waals surface area contributed by atoms with Gasteiger partial charge in [-0.05, 0) is 51.4 Å². The molecule has 1 amide bonds. The van der Waals surface area contributed by atoms with E-state index in [0.717, 1.165) is 17.8 Å². The second-order valence-electron chi connectivity index (χ2n) is 6.84. The summed E-state index contributed by atoms with van der Waals surface area (Å²) in [5.41, 5.74) is 6.16. The highest BCUT2D eigenvalue weighted by atomic mass is 32.1. The van der Waals surface area contributed by atoms with Crippen LogP contribution in [0.25, 0.3) is 0 Å². The van der Waals surface area contributed by atoms with Gasteiger partial charge in [0.05, 0.1) is 6.20 Å². The molecule has 3 rings (SSSR count). The van der Waals surface area contributed by atoms with E-state index in [-0.39, 0.29) is 18.1 Å². The first kappa shape index (κ1) is 16.9. The number of ether oxygens (including phenoxy) is 1. The Labute approximate surface area is 142 Å². The lowest BCUT2D eigenvalue weighted by atomic mass is 9.67. The van der Waals surface area contributed by atoms with Crippen LogP contribution in [0.5, 0.6) is 0 Å². The van der Waals surface area contributed by atoms with Crippen LogP contribution in [0.4, 0.5) is 0 Å². The molecule has 2 bridgehead atoms. The van der Waals surface area contributed by atoms with Crippen molar-refractivity contribution in [3.8, 4) is 0 Å². The van der Waals surface area contributed by atoms with E-state index < -0.39 is 0 Å². The van der Waals surface area contributed by atoms with Gasteiger partial charge in [0.25, 0.3) is 5.91 Å². The van der Waals surface area contributed by atoms with Gasteiger partial charge in [0.1, 0.15) is 16.0 Å². The largest absolute Gasteiger partial charge is 0.372 e. The van der Waals surface area contributed by atoms with Crippen LogP contribution in [0.3, 0.4) is 0 Å². The molecule has 0 aliphatic heterocycles. The zero-order chi connectivity index (χ0) is 16.4. The van der Waals surface area contributed by atoms with Gasteiger partial charge < -0.3 is 15.8 Å². The molecule has 0 spiro atoms. The number of nitrogens with two attached hydrogens (primary N) is 1. The average molecular weight is 337 g/mol. The van der Waals surface area contributed by atoms with Gasteiger partial charge >= 0.3 is 0 Å². The van der Waals surface area contributed by atoms with Gasteiger partial charge in [-0.15, -0.1) is 11.3 Å². The minimum Gasteiger partial charge on any atom is -0.372 e. The maximum absolute atomic E-state index is 12.6. The number of carbonyl (C=O) groups is 1. The maximum atomic E-state index is 12.6. The van der Waals surface area contributed by atoms with Gasteiger partial charge in [-0.1, -0.05) is 6.42 Å². The van der Waals surface area contributed by atoms with Crippen LogP contribution in [0.2, 0.25) is 0 Å². The normalized spacial score (nSPS) is 31.6. The Kier molecular flexibility index (Phi) is 5.34. The standard InChI is InChI=1S/C17H27N3O2S/c1-3-22-10(2)17-19-9-14(23-17)16(21)20-15-11-5-4-6-12(15)8-13(18)7-11/h9-13,15H,3-8,18H2,1-2H3,(H,20,21). The van der Waals surface area contributed by atoms with Gasteiger partial charge in [-0.25, -0.2) is 4.98 Å². The van der Waals surface area contributed by atoms with Crippen molar-refractivity contribution >= 4 is 17.2 Å². The van der Waals surface area contributed by atoms with Crippen molar-refractivity contribution in [2.75, 3.05) is 6.61 Å². The number of thiazole rings is 1.